The molecule has 152 valence electrons. The number of fused-ring (bicyclic) bond motifs is 3. The number of aromatic nitrogens is 2. The fraction of sp³-hybridized carbons (Fsp3) is 0.455. The van der Waals surface area contributed by atoms with Gasteiger partial charge < -0.3 is 10.1 Å². The van der Waals surface area contributed by atoms with Gasteiger partial charge in [0.1, 0.15) is 16.5 Å². The van der Waals surface area contributed by atoms with E-state index in [2.05, 4.69) is 29.3 Å². The van der Waals surface area contributed by atoms with Crippen molar-refractivity contribution in [1.82, 2.24) is 14.9 Å². The highest BCUT2D eigenvalue weighted by Gasteiger charge is 2.24. The topological polar surface area (TPSA) is 50.3 Å². The molecule has 29 heavy (non-hydrogen) atoms. The lowest BCUT2D eigenvalue weighted by atomic mass is 10.1. The fourth-order valence-electron chi connectivity index (χ4n) is 4.21. The van der Waals surface area contributed by atoms with Crippen LogP contribution in [-0.4, -0.2) is 41.2 Å². The van der Waals surface area contributed by atoms with Crippen LogP contribution in [0.4, 0.5) is 5.82 Å². The maximum atomic E-state index is 6.06. The molecule has 0 spiro atoms. The molecule has 1 fully saturated rings. The van der Waals surface area contributed by atoms with Gasteiger partial charge >= 0.3 is 0 Å². The molecule has 0 bridgehead atoms. The number of aryl methyl sites for hydroxylation is 2. The molecule has 1 N–H and O–H groups in total. The van der Waals surface area contributed by atoms with Crippen molar-refractivity contribution in [3.05, 3.63) is 51.1 Å². The van der Waals surface area contributed by atoms with Gasteiger partial charge in [0, 0.05) is 29.0 Å². The number of hydrogen-bond acceptors (Lipinski definition) is 6. The number of morpholine rings is 1. The van der Waals surface area contributed by atoms with E-state index in [4.69, 9.17) is 26.3 Å². The summed E-state index contributed by atoms with van der Waals surface area (Å²) in [6.45, 7) is 6.39. The minimum Gasteiger partial charge on any atom is -0.379 e. The summed E-state index contributed by atoms with van der Waals surface area (Å²) in [5, 5.41) is 5.67. The first-order valence-electron chi connectivity index (χ1n) is 10.3. The summed E-state index contributed by atoms with van der Waals surface area (Å²) in [6.07, 6.45) is 3.53. The Morgan fingerprint density at radius 3 is 2.76 bits per heavy atom. The van der Waals surface area contributed by atoms with E-state index in [1.807, 2.05) is 23.5 Å². The number of anilines is 1. The van der Waals surface area contributed by atoms with Crippen molar-refractivity contribution < 1.29 is 4.74 Å². The SMILES string of the molecule is CC(Nc1nc(CN2CCOCC2)nc2sc3c(c12)CCC3)c1ccc(Cl)cc1. The van der Waals surface area contributed by atoms with Gasteiger partial charge in [0.15, 0.2) is 0 Å². The molecule has 1 aromatic carbocycles. The summed E-state index contributed by atoms with van der Waals surface area (Å²) in [4.78, 5) is 14.9. The molecule has 0 radical (unpaired) electrons. The van der Waals surface area contributed by atoms with Crippen LogP contribution in [0.15, 0.2) is 24.3 Å². The number of halogens is 1. The van der Waals surface area contributed by atoms with Crippen molar-refractivity contribution in [3.8, 4) is 0 Å². The number of nitrogens with zero attached hydrogens (tertiary/aromatic N) is 3. The summed E-state index contributed by atoms with van der Waals surface area (Å²) < 4.78 is 5.48. The molecule has 1 aliphatic carbocycles. The minimum absolute atomic E-state index is 0.138. The normalized spacial score (nSPS) is 18.1. The van der Waals surface area contributed by atoms with Crippen LogP contribution in [0.1, 0.15) is 41.2 Å². The summed E-state index contributed by atoms with van der Waals surface area (Å²) in [5.74, 6) is 1.87. The monoisotopic (exact) mass is 428 g/mol. The van der Waals surface area contributed by atoms with Gasteiger partial charge in [0.2, 0.25) is 0 Å². The molecule has 0 saturated carbocycles. The summed E-state index contributed by atoms with van der Waals surface area (Å²) >= 11 is 7.91. The minimum atomic E-state index is 0.138. The van der Waals surface area contributed by atoms with E-state index >= 15 is 0 Å². The second-order valence-electron chi connectivity index (χ2n) is 7.83. The molecule has 2 aliphatic rings. The number of thiophene rings is 1. The number of ether oxygens (including phenoxy) is 1. The molecule has 3 aromatic rings. The van der Waals surface area contributed by atoms with Gasteiger partial charge in [-0.1, -0.05) is 23.7 Å². The highest BCUT2D eigenvalue weighted by molar-refractivity contribution is 7.19. The van der Waals surface area contributed by atoms with Crippen molar-refractivity contribution in [3.63, 3.8) is 0 Å². The Hall–Kier alpha value is -1.73. The van der Waals surface area contributed by atoms with Crippen LogP contribution in [0.3, 0.4) is 0 Å². The zero-order valence-electron chi connectivity index (χ0n) is 16.6. The van der Waals surface area contributed by atoms with E-state index in [-0.39, 0.29) is 6.04 Å². The van der Waals surface area contributed by atoms with E-state index in [9.17, 15) is 0 Å². The molecule has 1 saturated heterocycles. The Labute approximate surface area is 180 Å². The molecule has 5 nitrogen and oxygen atoms in total. The lowest BCUT2D eigenvalue weighted by Gasteiger charge is -2.26. The average Bonchev–Trinajstić information content (AvgIpc) is 3.30. The zero-order chi connectivity index (χ0) is 19.8. The second-order valence-corrected chi connectivity index (χ2v) is 9.35. The average molecular weight is 429 g/mol. The van der Waals surface area contributed by atoms with E-state index in [0.717, 1.165) is 60.8 Å². The van der Waals surface area contributed by atoms with Gasteiger partial charge in [-0.3, -0.25) is 4.90 Å². The van der Waals surface area contributed by atoms with E-state index in [1.165, 1.54) is 34.2 Å². The first-order chi connectivity index (χ1) is 14.2. The van der Waals surface area contributed by atoms with Crippen LogP contribution >= 0.6 is 22.9 Å². The maximum absolute atomic E-state index is 6.06. The van der Waals surface area contributed by atoms with Crippen molar-refractivity contribution >= 4 is 39.0 Å². The fourth-order valence-corrected chi connectivity index (χ4v) is 5.62. The molecular formula is C22H25ClN4OS. The van der Waals surface area contributed by atoms with Crippen LogP contribution in [0, 0.1) is 0 Å². The molecule has 1 atom stereocenters. The molecule has 7 heteroatoms. The zero-order valence-corrected chi connectivity index (χ0v) is 18.2. The quantitative estimate of drug-likeness (QED) is 0.630. The van der Waals surface area contributed by atoms with Crippen LogP contribution in [0.2, 0.25) is 5.02 Å². The molecule has 3 heterocycles. The number of hydrogen-bond donors (Lipinski definition) is 1. The van der Waals surface area contributed by atoms with Gasteiger partial charge in [-0.25, -0.2) is 9.97 Å². The van der Waals surface area contributed by atoms with Crippen molar-refractivity contribution in [2.24, 2.45) is 0 Å². The predicted octanol–water partition coefficient (Wildman–Crippen LogP) is 4.84. The van der Waals surface area contributed by atoms with E-state index in [0.29, 0.717) is 0 Å². The second kappa shape index (κ2) is 8.19. The van der Waals surface area contributed by atoms with Crippen molar-refractivity contribution in [2.75, 3.05) is 31.6 Å². The number of benzene rings is 1. The molecule has 0 amide bonds. The molecule has 1 aliphatic heterocycles. The number of rotatable bonds is 5. The highest BCUT2D eigenvalue weighted by Crippen LogP contribution is 2.40. The summed E-state index contributed by atoms with van der Waals surface area (Å²) in [7, 11) is 0. The smallest absolute Gasteiger partial charge is 0.146 e. The molecule has 2 aromatic heterocycles. The largest absolute Gasteiger partial charge is 0.379 e. The number of nitrogens with one attached hydrogen (secondary N) is 1. The Morgan fingerprint density at radius 1 is 1.17 bits per heavy atom. The third-order valence-corrected chi connectivity index (χ3v) is 7.24. The first-order valence-corrected chi connectivity index (χ1v) is 11.5. The van der Waals surface area contributed by atoms with Gasteiger partial charge in [0.25, 0.3) is 0 Å². The van der Waals surface area contributed by atoms with Gasteiger partial charge in [-0.2, -0.15) is 0 Å². The van der Waals surface area contributed by atoms with E-state index < -0.39 is 0 Å². The lowest BCUT2D eigenvalue weighted by Crippen LogP contribution is -2.36. The van der Waals surface area contributed by atoms with Crippen LogP contribution in [0.25, 0.3) is 10.2 Å². The Kier molecular flexibility index (Phi) is 5.43. The van der Waals surface area contributed by atoms with Gasteiger partial charge in [0.05, 0.1) is 25.1 Å². The standard InChI is InChI=1S/C22H25ClN4OS/c1-14(15-5-7-16(23)8-6-15)24-21-20-17-3-2-4-18(17)29-22(20)26-19(25-21)13-27-9-11-28-12-10-27/h5-8,14H,2-4,9-13H2,1H3,(H,24,25,26). The Bertz CT molecular complexity index is 1010. The third kappa shape index (κ3) is 3.99. The Balaban J connectivity index is 1.49. The van der Waals surface area contributed by atoms with Crippen LogP contribution in [0.5, 0.6) is 0 Å². The van der Waals surface area contributed by atoms with Gasteiger partial charge in [-0.05, 0) is 49.4 Å². The maximum Gasteiger partial charge on any atom is 0.146 e. The van der Waals surface area contributed by atoms with Crippen molar-refractivity contribution in [2.45, 2.75) is 38.8 Å². The molecular weight excluding hydrogens is 404 g/mol. The summed E-state index contributed by atoms with van der Waals surface area (Å²) in [5.41, 5.74) is 2.65. The van der Waals surface area contributed by atoms with Crippen LogP contribution in [-0.2, 0) is 24.1 Å². The lowest BCUT2D eigenvalue weighted by molar-refractivity contribution is 0.0331. The molecule has 1 unspecified atom stereocenters. The van der Waals surface area contributed by atoms with Gasteiger partial charge in [-0.15, -0.1) is 11.3 Å². The molecule has 5 rings (SSSR count). The predicted molar refractivity (Wildman–Crippen MR) is 119 cm³/mol. The third-order valence-electron chi connectivity index (χ3n) is 5.80. The van der Waals surface area contributed by atoms with Crippen molar-refractivity contribution in [1.29, 1.82) is 0 Å². The van der Waals surface area contributed by atoms with Crippen LogP contribution < -0.4 is 5.32 Å². The highest BCUT2D eigenvalue weighted by atomic mass is 35.5. The van der Waals surface area contributed by atoms with E-state index in [1.54, 1.807) is 0 Å². The summed E-state index contributed by atoms with van der Waals surface area (Å²) in [6, 6.07) is 8.17. The first kappa shape index (κ1) is 19.2. The Morgan fingerprint density at radius 2 is 1.97 bits per heavy atom.